The van der Waals surface area contributed by atoms with E-state index >= 15 is 0 Å². The van der Waals surface area contributed by atoms with Crippen LogP contribution in [0.2, 0.25) is 0 Å². The minimum Gasteiger partial charge on any atom is -0.366 e. The monoisotopic (exact) mass is 189 g/mol. The van der Waals surface area contributed by atoms with Crippen molar-refractivity contribution in [2.75, 3.05) is 41.3 Å². The van der Waals surface area contributed by atoms with Crippen LogP contribution in [0.5, 0.6) is 0 Å². The number of thiocarbonyl (C=S) groups is 1. The Morgan fingerprint density at radius 2 is 1.83 bits per heavy atom. The van der Waals surface area contributed by atoms with Gasteiger partial charge in [0.2, 0.25) is 0 Å². The van der Waals surface area contributed by atoms with E-state index in [9.17, 15) is 0 Å². The molecule has 0 heterocycles. The lowest BCUT2D eigenvalue weighted by Gasteiger charge is -2.20. The van der Waals surface area contributed by atoms with Gasteiger partial charge in [0, 0.05) is 20.6 Å². The van der Waals surface area contributed by atoms with Gasteiger partial charge < -0.3 is 15.1 Å². The van der Waals surface area contributed by atoms with Gasteiger partial charge in [-0.15, -0.1) is 0 Å². The number of hydrogen-bond donors (Lipinski definition) is 1. The highest BCUT2D eigenvalue weighted by Gasteiger charge is 2.00. The predicted molar refractivity (Wildman–Crippen MR) is 57.5 cm³/mol. The topological polar surface area (TPSA) is 18.5 Å². The molecule has 0 spiro atoms. The summed E-state index contributed by atoms with van der Waals surface area (Å²) in [6.45, 7) is 2.12. The summed E-state index contributed by atoms with van der Waals surface area (Å²) < 4.78 is 0. The lowest BCUT2D eigenvalue weighted by Crippen LogP contribution is -2.36. The number of hydrogen-bond acceptors (Lipinski definition) is 2. The van der Waals surface area contributed by atoms with E-state index in [1.54, 1.807) is 0 Å². The lowest BCUT2D eigenvalue weighted by atomic mass is 10.4. The Labute approximate surface area is 80.7 Å². The van der Waals surface area contributed by atoms with Gasteiger partial charge >= 0.3 is 0 Å². The molecule has 1 N–H and O–H groups in total. The number of nitrogens with one attached hydrogen (secondary N) is 1. The summed E-state index contributed by atoms with van der Waals surface area (Å²) in [6.07, 6.45) is 1.14. The molecule has 0 aliphatic heterocycles. The molecule has 0 atom stereocenters. The molecule has 0 saturated carbocycles. The van der Waals surface area contributed by atoms with E-state index in [1.807, 2.05) is 14.1 Å². The molecule has 72 valence electrons. The van der Waals surface area contributed by atoms with Crippen LogP contribution in [0.4, 0.5) is 0 Å². The molecule has 12 heavy (non-hydrogen) atoms. The zero-order valence-corrected chi connectivity index (χ0v) is 9.24. The van der Waals surface area contributed by atoms with E-state index in [0.29, 0.717) is 0 Å². The van der Waals surface area contributed by atoms with Crippen molar-refractivity contribution in [1.82, 2.24) is 15.1 Å². The van der Waals surface area contributed by atoms with Crippen molar-refractivity contribution < 1.29 is 0 Å². The van der Waals surface area contributed by atoms with E-state index in [-0.39, 0.29) is 0 Å². The van der Waals surface area contributed by atoms with Crippen LogP contribution >= 0.6 is 12.2 Å². The highest BCUT2D eigenvalue weighted by Crippen LogP contribution is 1.89. The van der Waals surface area contributed by atoms with Crippen LogP contribution in [0.1, 0.15) is 6.42 Å². The molecule has 0 aromatic heterocycles. The molecule has 0 aliphatic rings. The van der Waals surface area contributed by atoms with E-state index < -0.39 is 0 Å². The molecule has 0 unspecified atom stereocenters. The SMILES string of the molecule is CNC(=S)N(C)CCCN(C)C. The van der Waals surface area contributed by atoms with Gasteiger partial charge in [-0.05, 0) is 39.3 Å². The molecule has 0 bridgehead atoms. The molecule has 0 fully saturated rings. The van der Waals surface area contributed by atoms with Crippen LogP contribution in [0.15, 0.2) is 0 Å². The molecule has 0 aromatic rings. The second-order valence-corrected chi connectivity index (χ2v) is 3.52. The van der Waals surface area contributed by atoms with Crippen molar-refractivity contribution in [1.29, 1.82) is 0 Å². The third-order valence-corrected chi connectivity index (χ3v) is 2.18. The molecule has 0 aromatic carbocycles. The maximum Gasteiger partial charge on any atom is 0.168 e. The van der Waals surface area contributed by atoms with Crippen LogP contribution in [0.3, 0.4) is 0 Å². The highest BCUT2D eigenvalue weighted by atomic mass is 32.1. The van der Waals surface area contributed by atoms with Crippen LogP contribution in [-0.2, 0) is 0 Å². The minimum atomic E-state index is 0.814. The van der Waals surface area contributed by atoms with Gasteiger partial charge in [-0.2, -0.15) is 0 Å². The first-order chi connectivity index (χ1) is 5.57. The minimum absolute atomic E-state index is 0.814. The van der Waals surface area contributed by atoms with Gasteiger partial charge in [-0.25, -0.2) is 0 Å². The van der Waals surface area contributed by atoms with Gasteiger partial charge in [0.25, 0.3) is 0 Å². The van der Waals surface area contributed by atoms with E-state index in [2.05, 4.69) is 29.2 Å². The van der Waals surface area contributed by atoms with Gasteiger partial charge in [0.15, 0.2) is 5.11 Å². The molecule has 3 nitrogen and oxygen atoms in total. The second-order valence-electron chi connectivity index (χ2n) is 3.13. The van der Waals surface area contributed by atoms with E-state index in [0.717, 1.165) is 24.6 Å². The summed E-state index contributed by atoms with van der Waals surface area (Å²) in [5, 5.41) is 3.76. The van der Waals surface area contributed by atoms with Crippen LogP contribution in [0, 0.1) is 0 Å². The third-order valence-electron chi connectivity index (χ3n) is 1.66. The van der Waals surface area contributed by atoms with E-state index in [1.165, 1.54) is 0 Å². The summed E-state index contributed by atoms with van der Waals surface area (Å²) in [4.78, 5) is 4.23. The molecular formula is C8H19N3S. The lowest BCUT2D eigenvalue weighted by molar-refractivity contribution is 0.369. The molecule has 4 heteroatoms. The Bertz CT molecular complexity index is 136. The van der Waals surface area contributed by atoms with Crippen molar-refractivity contribution >= 4 is 17.3 Å². The van der Waals surface area contributed by atoms with Crippen LogP contribution in [-0.4, -0.2) is 56.2 Å². The fourth-order valence-corrected chi connectivity index (χ4v) is 1.01. The summed E-state index contributed by atoms with van der Waals surface area (Å²) >= 11 is 5.06. The number of rotatable bonds is 4. The first kappa shape index (κ1) is 11.6. The summed E-state index contributed by atoms with van der Waals surface area (Å²) in [5.74, 6) is 0. The largest absolute Gasteiger partial charge is 0.366 e. The van der Waals surface area contributed by atoms with Gasteiger partial charge in [-0.1, -0.05) is 0 Å². The average molecular weight is 189 g/mol. The average Bonchev–Trinajstić information content (AvgIpc) is 2.02. The maximum absolute atomic E-state index is 5.06. The highest BCUT2D eigenvalue weighted by molar-refractivity contribution is 7.80. The Balaban J connectivity index is 3.43. The Kier molecular flexibility index (Phi) is 6.02. The van der Waals surface area contributed by atoms with Crippen molar-refractivity contribution in [3.05, 3.63) is 0 Å². The number of nitrogens with zero attached hydrogens (tertiary/aromatic N) is 2. The first-order valence-corrected chi connectivity index (χ1v) is 4.56. The Morgan fingerprint density at radius 3 is 2.25 bits per heavy atom. The van der Waals surface area contributed by atoms with Crippen LogP contribution < -0.4 is 5.32 Å². The fourth-order valence-electron chi connectivity index (χ4n) is 0.917. The second kappa shape index (κ2) is 6.20. The molecule has 0 radical (unpaired) electrons. The van der Waals surface area contributed by atoms with Gasteiger partial charge in [-0.3, -0.25) is 0 Å². The first-order valence-electron chi connectivity index (χ1n) is 4.15. The van der Waals surface area contributed by atoms with E-state index in [4.69, 9.17) is 12.2 Å². The molecule has 0 rings (SSSR count). The Morgan fingerprint density at radius 1 is 1.25 bits per heavy atom. The van der Waals surface area contributed by atoms with Gasteiger partial charge in [0.1, 0.15) is 0 Å². The standard InChI is InChI=1S/C8H19N3S/c1-9-8(12)11(4)7-5-6-10(2)3/h5-7H2,1-4H3,(H,9,12). The van der Waals surface area contributed by atoms with Crippen molar-refractivity contribution in [2.45, 2.75) is 6.42 Å². The quantitative estimate of drug-likeness (QED) is 0.644. The van der Waals surface area contributed by atoms with Crippen molar-refractivity contribution in [2.24, 2.45) is 0 Å². The maximum atomic E-state index is 5.06. The smallest absolute Gasteiger partial charge is 0.168 e. The predicted octanol–water partition coefficient (Wildman–Crippen LogP) is 0.374. The van der Waals surface area contributed by atoms with Crippen LogP contribution in [0.25, 0.3) is 0 Å². The summed E-state index contributed by atoms with van der Waals surface area (Å²) in [6, 6.07) is 0. The van der Waals surface area contributed by atoms with Gasteiger partial charge in [0.05, 0.1) is 0 Å². The molecule has 0 saturated heterocycles. The third kappa shape index (κ3) is 5.32. The molecule has 0 amide bonds. The van der Waals surface area contributed by atoms with Crippen molar-refractivity contribution in [3.63, 3.8) is 0 Å². The summed E-state index contributed by atoms with van der Waals surface area (Å²) in [5.41, 5.74) is 0. The zero-order valence-electron chi connectivity index (χ0n) is 8.42. The Hall–Kier alpha value is -0.350. The summed E-state index contributed by atoms with van der Waals surface area (Å²) in [7, 11) is 8.02. The van der Waals surface area contributed by atoms with Crippen molar-refractivity contribution in [3.8, 4) is 0 Å². The normalized spacial score (nSPS) is 10.1. The fraction of sp³-hybridized carbons (Fsp3) is 0.875. The molecule has 0 aliphatic carbocycles. The zero-order chi connectivity index (χ0) is 9.56. The molecular weight excluding hydrogens is 170 g/mol.